The van der Waals surface area contributed by atoms with Crippen LogP contribution in [-0.2, 0) is 16.0 Å². The molecular formula is C19H22O6. The zero-order chi connectivity index (χ0) is 18.4. The number of aromatic hydroxyl groups is 1. The second-order valence-electron chi connectivity index (χ2n) is 7.31. The monoisotopic (exact) mass is 346 g/mol. The first-order valence-corrected chi connectivity index (χ1v) is 8.38. The summed E-state index contributed by atoms with van der Waals surface area (Å²) < 4.78 is 6.13. The summed E-state index contributed by atoms with van der Waals surface area (Å²) in [5.74, 6) is -1.32. The van der Waals surface area contributed by atoms with Crippen LogP contribution in [0.1, 0.15) is 50.2 Å². The number of carbonyl (C=O) groups is 2. The largest absolute Gasteiger partial charge is 0.508 e. The van der Waals surface area contributed by atoms with Gasteiger partial charge in [0.25, 0.3) is 0 Å². The minimum atomic E-state index is -0.929. The van der Waals surface area contributed by atoms with Crippen molar-refractivity contribution in [3.8, 4) is 11.5 Å². The molecule has 3 N–H and O–H groups in total. The molecule has 1 aliphatic heterocycles. The van der Waals surface area contributed by atoms with E-state index in [1.807, 2.05) is 13.8 Å². The normalized spacial score (nSPS) is 23.7. The minimum Gasteiger partial charge on any atom is -0.508 e. The fraction of sp³-hybridized carbons (Fsp3) is 0.474. The van der Waals surface area contributed by atoms with E-state index in [1.54, 1.807) is 18.2 Å². The highest BCUT2D eigenvalue weighted by Crippen LogP contribution is 2.54. The van der Waals surface area contributed by atoms with E-state index in [1.165, 1.54) is 0 Å². The molecule has 1 heterocycles. The third kappa shape index (κ3) is 3.21. The van der Waals surface area contributed by atoms with E-state index in [0.29, 0.717) is 41.7 Å². The van der Waals surface area contributed by atoms with Gasteiger partial charge in [-0.2, -0.15) is 0 Å². The fourth-order valence-electron chi connectivity index (χ4n) is 4.02. The number of allylic oxidation sites excluding steroid dienone is 1. The molecule has 25 heavy (non-hydrogen) atoms. The first-order valence-electron chi connectivity index (χ1n) is 8.38. The number of carboxylic acids is 2. The molecule has 134 valence electrons. The van der Waals surface area contributed by atoms with Gasteiger partial charge >= 0.3 is 11.9 Å². The van der Waals surface area contributed by atoms with Crippen LogP contribution in [-0.4, -0.2) is 32.9 Å². The lowest BCUT2D eigenvalue weighted by Crippen LogP contribution is -2.45. The van der Waals surface area contributed by atoms with E-state index < -0.39 is 17.5 Å². The Hall–Kier alpha value is -2.50. The van der Waals surface area contributed by atoms with Gasteiger partial charge < -0.3 is 20.1 Å². The Labute approximate surface area is 145 Å². The van der Waals surface area contributed by atoms with Gasteiger partial charge in [0.05, 0.1) is 0 Å². The number of ether oxygens (including phenoxy) is 1. The Kier molecular flexibility index (Phi) is 4.22. The van der Waals surface area contributed by atoms with Crippen molar-refractivity contribution >= 4 is 11.9 Å². The van der Waals surface area contributed by atoms with E-state index in [-0.39, 0.29) is 24.0 Å². The average molecular weight is 346 g/mol. The summed E-state index contributed by atoms with van der Waals surface area (Å²) in [5.41, 5.74) is 1.18. The van der Waals surface area contributed by atoms with Gasteiger partial charge in [0.15, 0.2) is 0 Å². The van der Waals surface area contributed by atoms with E-state index in [0.717, 1.165) is 0 Å². The number of hydrogen-bond acceptors (Lipinski definition) is 4. The number of benzene rings is 1. The second-order valence-corrected chi connectivity index (χ2v) is 7.31. The van der Waals surface area contributed by atoms with Crippen molar-refractivity contribution in [2.45, 2.75) is 51.0 Å². The van der Waals surface area contributed by atoms with Gasteiger partial charge in [0, 0.05) is 29.4 Å². The van der Waals surface area contributed by atoms with Gasteiger partial charge in [-0.3, -0.25) is 4.79 Å². The average Bonchev–Trinajstić information content (AvgIpc) is 2.51. The first-order chi connectivity index (χ1) is 11.7. The predicted octanol–water partition coefficient (Wildman–Crippen LogP) is 3.09. The molecule has 0 radical (unpaired) electrons. The quantitative estimate of drug-likeness (QED) is 0.774. The first kappa shape index (κ1) is 17.3. The summed E-state index contributed by atoms with van der Waals surface area (Å²) in [5, 5.41) is 28.7. The van der Waals surface area contributed by atoms with E-state index in [9.17, 15) is 19.8 Å². The Morgan fingerprint density at radius 3 is 2.64 bits per heavy atom. The molecule has 6 nitrogen and oxygen atoms in total. The lowest BCUT2D eigenvalue weighted by Gasteiger charge is -2.46. The molecule has 1 aromatic carbocycles. The maximum absolute atomic E-state index is 11.4. The zero-order valence-electron chi connectivity index (χ0n) is 14.3. The molecule has 6 heteroatoms. The van der Waals surface area contributed by atoms with Crippen LogP contribution in [0.5, 0.6) is 11.5 Å². The molecular weight excluding hydrogens is 324 g/mol. The number of carboxylic acid groups (broad SMARTS) is 2. The maximum Gasteiger partial charge on any atom is 0.331 e. The molecule has 0 saturated heterocycles. The van der Waals surface area contributed by atoms with Crippen LogP contribution in [0.3, 0.4) is 0 Å². The number of phenolic OH excluding ortho intramolecular Hbond substituents is 1. The van der Waals surface area contributed by atoms with Gasteiger partial charge in [0.1, 0.15) is 17.1 Å². The summed E-state index contributed by atoms with van der Waals surface area (Å²) in [7, 11) is 0. The predicted molar refractivity (Wildman–Crippen MR) is 90.0 cm³/mol. The van der Waals surface area contributed by atoms with Crippen molar-refractivity contribution in [1.29, 1.82) is 0 Å². The van der Waals surface area contributed by atoms with Crippen LogP contribution in [0.25, 0.3) is 0 Å². The smallest absolute Gasteiger partial charge is 0.331 e. The summed E-state index contributed by atoms with van der Waals surface area (Å²) >= 11 is 0. The van der Waals surface area contributed by atoms with Crippen LogP contribution in [0.2, 0.25) is 0 Å². The van der Waals surface area contributed by atoms with Crippen LogP contribution in [0, 0.1) is 5.92 Å². The standard InChI is InChI=1S/C19H22O6/c1-19(2)13-5-4-11(18(23)24)9-12(13)17-14(20)7-10(3-6-16(21)22)8-15(17)25-19/h4,7-8,12-13,20H,3,5-6,9H2,1-2H3,(H,21,22)(H,23,24)/t12-,13-/m1/s1. The molecule has 0 bridgehead atoms. The number of fused-ring (bicyclic) bond motifs is 3. The summed E-state index contributed by atoms with van der Waals surface area (Å²) in [4.78, 5) is 22.2. The number of aryl methyl sites for hydroxylation is 1. The third-order valence-corrected chi connectivity index (χ3v) is 5.26. The van der Waals surface area contributed by atoms with Crippen molar-refractivity contribution in [3.05, 3.63) is 34.9 Å². The molecule has 0 unspecified atom stereocenters. The van der Waals surface area contributed by atoms with Gasteiger partial charge in [-0.25, -0.2) is 4.79 Å². The highest BCUT2D eigenvalue weighted by molar-refractivity contribution is 5.87. The molecule has 3 rings (SSSR count). The topological polar surface area (TPSA) is 104 Å². The zero-order valence-corrected chi connectivity index (χ0v) is 14.3. The Morgan fingerprint density at radius 2 is 2.00 bits per heavy atom. The van der Waals surface area contributed by atoms with Gasteiger partial charge in [0.2, 0.25) is 0 Å². The molecule has 1 aromatic rings. The summed E-state index contributed by atoms with van der Waals surface area (Å²) in [6, 6.07) is 3.34. The van der Waals surface area contributed by atoms with Crippen molar-refractivity contribution < 1.29 is 29.6 Å². The fourth-order valence-corrected chi connectivity index (χ4v) is 4.02. The van der Waals surface area contributed by atoms with Gasteiger partial charge in [-0.1, -0.05) is 6.08 Å². The Balaban J connectivity index is 2.02. The molecule has 2 aliphatic rings. The van der Waals surface area contributed by atoms with Crippen molar-refractivity contribution in [1.82, 2.24) is 0 Å². The highest BCUT2D eigenvalue weighted by Gasteiger charge is 2.46. The van der Waals surface area contributed by atoms with Crippen molar-refractivity contribution in [2.75, 3.05) is 0 Å². The third-order valence-electron chi connectivity index (χ3n) is 5.26. The summed E-state index contributed by atoms with van der Waals surface area (Å²) in [6.07, 6.45) is 2.95. The molecule has 0 spiro atoms. The van der Waals surface area contributed by atoms with Crippen molar-refractivity contribution in [3.63, 3.8) is 0 Å². The molecule has 1 aliphatic carbocycles. The lowest BCUT2D eigenvalue weighted by molar-refractivity contribution is -0.137. The molecule has 0 fully saturated rings. The number of phenols is 1. The maximum atomic E-state index is 11.4. The lowest BCUT2D eigenvalue weighted by atomic mass is 9.67. The number of aliphatic carboxylic acids is 2. The number of hydrogen-bond donors (Lipinski definition) is 3. The van der Waals surface area contributed by atoms with Crippen molar-refractivity contribution in [2.24, 2.45) is 5.92 Å². The highest BCUT2D eigenvalue weighted by atomic mass is 16.5. The SMILES string of the molecule is CC1(C)Oc2cc(CCC(=O)O)cc(O)c2[C@@H]2CC(C(=O)O)=CC[C@H]21. The number of rotatable bonds is 4. The minimum absolute atomic E-state index is 0.0282. The van der Waals surface area contributed by atoms with Gasteiger partial charge in [-0.15, -0.1) is 0 Å². The van der Waals surface area contributed by atoms with Crippen LogP contribution < -0.4 is 4.74 Å². The molecule has 0 amide bonds. The van der Waals surface area contributed by atoms with Gasteiger partial charge in [-0.05, 0) is 50.8 Å². The van der Waals surface area contributed by atoms with Crippen LogP contribution in [0.4, 0.5) is 0 Å². The van der Waals surface area contributed by atoms with Crippen LogP contribution in [0.15, 0.2) is 23.8 Å². The van der Waals surface area contributed by atoms with E-state index >= 15 is 0 Å². The van der Waals surface area contributed by atoms with Crippen LogP contribution >= 0.6 is 0 Å². The summed E-state index contributed by atoms with van der Waals surface area (Å²) in [6.45, 7) is 3.93. The Morgan fingerprint density at radius 1 is 1.28 bits per heavy atom. The molecule has 0 saturated carbocycles. The second kappa shape index (κ2) is 6.10. The molecule has 2 atom stereocenters. The Bertz CT molecular complexity index is 761. The van der Waals surface area contributed by atoms with E-state index in [4.69, 9.17) is 9.84 Å². The van der Waals surface area contributed by atoms with E-state index in [2.05, 4.69) is 0 Å². The molecule has 0 aromatic heterocycles.